The Labute approximate surface area is 119 Å². The number of hydrogen-bond acceptors (Lipinski definition) is 3. The molecule has 1 aliphatic heterocycles. The summed E-state index contributed by atoms with van der Waals surface area (Å²) in [5.74, 6) is 0.900. The van der Waals surface area contributed by atoms with Crippen molar-refractivity contribution < 1.29 is 4.42 Å². The van der Waals surface area contributed by atoms with Crippen molar-refractivity contribution in [1.82, 2.24) is 10.3 Å². The van der Waals surface area contributed by atoms with Crippen molar-refractivity contribution in [2.75, 3.05) is 6.54 Å². The van der Waals surface area contributed by atoms with E-state index in [9.17, 15) is 0 Å². The first-order valence-corrected chi connectivity index (χ1v) is 6.87. The Morgan fingerprint density at radius 1 is 1.33 bits per heavy atom. The Kier molecular flexibility index (Phi) is 3.18. The Bertz CT molecular complexity index is 570. The van der Waals surface area contributed by atoms with Gasteiger partial charge in [-0.3, -0.25) is 0 Å². The second kappa shape index (κ2) is 4.57. The summed E-state index contributed by atoms with van der Waals surface area (Å²) >= 11 is 17.5. The van der Waals surface area contributed by atoms with Crippen molar-refractivity contribution in [2.45, 2.75) is 22.7 Å². The maximum absolute atomic E-state index is 5.84. The molecule has 0 bridgehead atoms. The lowest BCUT2D eigenvalue weighted by Crippen LogP contribution is -2.11. The lowest BCUT2D eigenvalue weighted by molar-refractivity contribution is 0.465. The highest BCUT2D eigenvalue weighted by Crippen LogP contribution is 2.39. The van der Waals surface area contributed by atoms with E-state index in [4.69, 9.17) is 39.2 Å². The fourth-order valence-electron chi connectivity index (χ4n) is 2.21. The number of hydrogen-bond donors (Lipinski definition) is 1. The van der Waals surface area contributed by atoms with Crippen molar-refractivity contribution in [3.63, 3.8) is 0 Å². The van der Waals surface area contributed by atoms with Crippen molar-refractivity contribution in [2.24, 2.45) is 0 Å². The Morgan fingerprint density at radius 2 is 2.17 bits per heavy atom. The van der Waals surface area contributed by atoms with Crippen LogP contribution in [-0.2, 0) is 3.79 Å². The van der Waals surface area contributed by atoms with Crippen LogP contribution in [-0.4, -0.2) is 11.5 Å². The molecule has 1 unspecified atom stereocenters. The molecule has 2 aromatic rings. The lowest BCUT2D eigenvalue weighted by atomic mass is 10.1. The van der Waals surface area contributed by atoms with Crippen LogP contribution in [0.2, 0.25) is 0 Å². The highest BCUT2D eigenvalue weighted by atomic mass is 35.6. The standard InChI is InChI=1S/C12H11Cl3N2O/c13-12(14,15)8-4-7-5-10(9-2-1-3-16-9)18-11(7)17-6-8/h4-6,9,16H,1-3H2. The van der Waals surface area contributed by atoms with E-state index in [0.717, 1.165) is 30.5 Å². The van der Waals surface area contributed by atoms with Crippen LogP contribution >= 0.6 is 34.8 Å². The zero-order valence-corrected chi connectivity index (χ0v) is 11.7. The molecular weight excluding hydrogens is 295 g/mol. The third-order valence-electron chi connectivity index (χ3n) is 3.12. The molecule has 0 spiro atoms. The van der Waals surface area contributed by atoms with Gasteiger partial charge in [0, 0.05) is 17.1 Å². The smallest absolute Gasteiger partial charge is 0.226 e. The minimum absolute atomic E-state index is 0.274. The van der Waals surface area contributed by atoms with Gasteiger partial charge in [-0.05, 0) is 31.5 Å². The maximum atomic E-state index is 5.84. The van der Waals surface area contributed by atoms with Crippen LogP contribution in [0.15, 0.2) is 22.7 Å². The van der Waals surface area contributed by atoms with E-state index in [-0.39, 0.29) is 6.04 Å². The highest BCUT2D eigenvalue weighted by Gasteiger charge is 2.25. The maximum Gasteiger partial charge on any atom is 0.226 e. The van der Waals surface area contributed by atoms with Gasteiger partial charge in [0.25, 0.3) is 0 Å². The van der Waals surface area contributed by atoms with Crippen molar-refractivity contribution >= 4 is 45.9 Å². The number of furan rings is 1. The van der Waals surface area contributed by atoms with Gasteiger partial charge in [-0.1, -0.05) is 34.8 Å². The molecule has 1 aliphatic rings. The molecule has 0 saturated carbocycles. The van der Waals surface area contributed by atoms with Gasteiger partial charge in [-0.2, -0.15) is 0 Å². The van der Waals surface area contributed by atoms with Crippen LogP contribution in [0.25, 0.3) is 11.1 Å². The fraction of sp³-hybridized carbons (Fsp3) is 0.417. The largest absolute Gasteiger partial charge is 0.441 e. The van der Waals surface area contributed by atoms with Crippen molar-refractivity contribution in [3.8, 4) is 0 Å². The summed E-state index contributed by atoms with van der Waals surface area (Å²) in [6.45, 7) is 1.02. The number of rotatable bonds is 1. The normalized spacial score (nSPS) is 20.7. The SMILES string of the molecule is ClC(Cl)(Cl)c1cnc2oc(C3CCCN3)cc2c1. The summed E-state index contributed by atoms with van der Waals surface area (Å²) in [7, 11) is 0. The minimum atomic E-state index is -1.45. The van der Waals surface area contributed by atoms with Gasteiger partial charge >= 0.3 is 0 Å². The molecule has 18 heavy (non-hydrogen) atoms. The van der Waals surface area contributed by atoms with Gasteiger partial charge in [-0.15, -0.1) is 0 Å². The average Bonchev–Trinajstić information content (AvgIpc) is 2.95. The molecule has 3 heterocycles. The van der Waals surface area contributed by atoms with E-state index in [1.165, 1.54) is 6.20 Å². The van der Waals surface area contributed by atoms with Crippen LogP contribution in [0.3, 0.4) is 0 Å². The Hall–Kier alpha value is -0.480. The summed E-state index contributed by atoms with van der Waals surface area (Å²) in [5.41, 5.74) is 1.13. The molecule has 96 valence electrons. The van der Waals surface area contributed by atoms with Crippen LogP contribution < -0.4 is 5.32 Å². The number of nitrogens with one attached hydrogen (secondary N) is 1. The fourth-order valence-corrected chi connectivity index (χ4v) is 2.52. The van der Waals surface area contributed by atoms with Crippen molar-refractivity contribution in [3.05, 3.63) is 29.7 Å². The summed E-state index contributed by atoms with van der Waals surface area (Å²) < 4.78 is 4.26. The second-order valence-corrected chi connectivity index (χ2v) is 6.70. The van der Waals surface area contributed by atoms with Gasteiger partial charge < -0.3 is 9.73 Å². The van der Waals surface area contributed by atoms with E-state index >= 15 is 0 Å². The molecule has 0 radical (unpaired) electrons. The van der Waals surface area contributed by atoms with E-state index in [1.807, 2.05) is 6.07 Å². The number of alkyl halides is 3. The Morgan fingerprint density at radius 3 is 2.83 bits per heavy atom. The van der Waals surface area contributed by atoms with E-state index in [2.05, 4.69) is 10.3 Å². The first-order valence-electron chi connectivity index (χ1n) is 5.74. The number of nitrogens with zero attached hydrogens (tertiary/aromatic N) is 1. The van der Waals surface area contributed by atoms with Crippen LogP contribution in [0, 0.1) is 0 Å². The molecule has 1 saturated heterocycles. The summed E-state index contributed by atoms with van der Waals surface area (Å²) in [4.78, 5) is 4.19. The van der Waals surface area contributed by atoms with E-state index < -0.39 is 3.79 Å². The number of aromatic nitrogens is 1. The third-order valence-corrected chi connectivity index (χ3v) is 3.78. The lowest BCUT2D eigenvalue weighted by Gasteiger charge is -2.09. The molecule has 1 atom stereocenters. The first-order chi connectivity index (χ1) is 8.54. The molecule has 6 heteroatoms. The number of pyridine rings is 1. The third kappa shape index (κ3) is 2.32. The summed E-state index contributed by atoms with van der Waals surface area (Å²) in [6.07, 6.45) is 3.77. The zero-order valence-electron chi connectivity index (χ0n) is 9.42. The van der Waals surface area contributed by atoms with Gasteiger partial charge in [0.05, 0.1) is 6.04 Å². The highest BCUT2D eigenvalue weighted by molar-refractivity contribution is 6.66. The molecule has 0 aliphatic carbocycles. The second-order valence-electron chi connectivity index (χ2n) is 4.41. The molecule has 0 amide bonds. The van der Waals surface area contributed by atoms with E-state index in [0.29, 0.717) is 11.3 Å². The van der Waals surface area contributed by atoms with Crippen LogP contribution in [0.4, 0.5) is 0 Å². The van der Waals surface area contributed by atoms with E-state index in [1.54, 1.807) is 6.07 Å². The molecular formula is C12H11Cl3N2O. The van der Waals surface area contributed by atoms with Crippen molar-refractivity contribution in [1.29, 1.82) is 0 Å². The average molecular weight is 306 g/mol. The topological polar surface area (TPSA) is 38.1 Å². The summed E-state index contributed by atoms with van der Waals surface area (Å²) in [5, 5.41) is 4.24. The molecule has 3 nitrogen and oxygen atoms in total. The molecule has 0 aromatic carbocycles. The van der Waals surface area contributed by atoms with Crippen LogP contribution in [0.1, 0.15) is 30.2 Å². The monoisotopic (exact) mass is 304 g/mol. The van der Waals surface area contributed by atoms with Gasteiger partial charge in [0.2, 0.25) is 9.51 Å². The quantitative estimate of drug-likeness (QED) is 0.807. The number of fused-ring (bicyclic) bond motifs is 1. The molecule has 2 aromatic heterocycles. The first kappa shape index (κ1) is 12.5. The predicted molar refractivity (Wildman–Crippen MR) is 73.2 cm³/mol. The minimum Gasteiger partial charge on any atom is -0.441 e. The molecule has 1 fully saturated rings. The predicted octanol–water partition coefficient (Wildman–Crippen LogP) is 4.08. The molecule has 3 rings (SSSR count). The summed E-state index contributed by atoms with van der Waals surface area (Å²) in [6, 6.07) is 4.04. The van der Waals surface area contributed by atoms with Gasteiger partial charge in [0.15, 0.2) is 0 Å². The van der Waals surface area contributed by atoms with Gasteiger partial charge in [-0.25, -0.2) is 4.98 Å². The van der Waals surface area contributed by atoms with Gasteiger partial charge in [0.1, 0.15) is 5.76 Å². The zero-order chi connectivity index (χ0) is 12.8. The van der Waals surface area contributed by atoms with Crippen LogP contribution in [0.5, 0.6) is 0 Å². The molecule has 1 N–H and O–H groups in total. The Balaban J connectivity index is 2.01. The number of halogens is 3.